The molecule has 2 aromatic carbocycles. The van der Waals surface area contributed by atoms with E-state index in [-0.39, 0.29) is 24.6 Å². The molecule has 176 valence electrons. The standard InChI is InChI=1S/C24H30N4O5/c1-15(2)33-23(30)27-14-16(3)28(24(31)32-4)20-10-9-19(13-21(20)27)17-5-7-18(8-6-17)22(29)26-12-11-25/h5-10,13,15-16H,11-12,14,25H2,1-4H3,(H,26,29)/t16-/m0/s1. The number of amides is 3. The number of fused-ring (bicyclic) bond motifs is 1. The van der Waals surface area contributed by atoms with Crippen LogP contribution in [0.25, 0.3) is 11.1 Å². The van der Waals surface area contributed by atoms with Crippen molar-refractivity contribution in [2.75, 3.05) is 36.5 Å². The number of ether oxygens (including phenoxy) is 2. The maximum atomic E-state index is 12.8. The molecule has 1 atom stereocenters. The molecule has 3 N–H and O–H groups in total. The Labute approximate surface area is 193 Å². The van der Waals surface area contributed by atoms with Gasteiger partial charge in [0.2, 0.25) is 0 Å². The molecule has 0 aromatic heterocycles. The zero-order valence-corrected chi connectivity index (χ0v) is 19.3. The van der Waals surface area contributed by atoms with Crippen molar-refractivity contribution in [3.8, 4) is 11.1 Å². The van der Waals surface area contributed by atoms with Crippen LogP contribution in [-0.4, -0.2) is 57.0 Å². The smallest absolute Gasteiger partial charge is 0.414 e. The van der Waals surface area contributed by atoms with E-state index in [1.165, 1.54) is 16.9 Å². The van der Waals surface area contributed by atoms with E-state index in [0.29, 0.717) is 30.0 Å². The number of anilines is 2. The molecule has 1 aliphatic heterocycles. The fraction of sp³-hybridized carbons (Fsp3) is 0.375. The first-order valence-electron chi connectivity index (χ1n) is 10.8. The van der Waals surface area contributed by atoms with Gasteiger partial charge in [-0.1, -0.05) is 18.2 Å². The van der Waals surface area contributed by atoms with Crippen molar-refractivity contribution in [2.45, 2.75) is 32.9 Å². The molecule has 0 saturated carbocycles. The first-order valence-corrected chi connectivity index (χ1v) is 10.8. The van der Waals surface area contributed by atoms with Gasteiger partial charge < -0.3 is 20.5 Å². The summed E-state index contributed by atoms with van der Waals surface area (Å²) in [5, 5.41) is 2.74. The summed E-state index contributed by atoms with van der Waals surface area (Å²) in [6.45, 7) is 6.46. The Morgan fingerprint density at radius 3 is 2.33 bits per heavy atom. The van der Waals surface area contributed by atoms with Crippen LogP contribution in [0.2, 0.25) is 0 Å². The number of rotatable bonds is 5. The number of carbonyl (C=O) groups is 3. The van der Waals surface area contributed by atoms with E-state index in [1.54, 1.807) is 32.0 Å². The van der Waals surface area contributed by atoms with Gasteiger partial charge in [0.25, 0.3) is 5.91 Å². The second-order valence-corrected chi connectivity index (χ2v) is 8.06. The molecular weight excluding hydrogens is 424 g/mol. The molecule has 0 spiro atoms. The van der Waals surface area contributed by atoms with Gasteiger partial charge in [-0.25, -0.2) is 9.59 Å². The topological polar surface area (TPSA) is 114 Å². The SMILES string of the molecule is COC(=O)N1c2ccc(-c3ccc(C(=O)NCCN)cc3)cc2N(C(=O)OC(C)C)C[C@@H]1C. The van der Waals surface area contributed by atoms with Crippen molar-refractivity contribution >= 4 is 29.5 Å². The summed E-state index contributed by atoms with van der Waals surface area (Å²) in [6.07, 6.45) is -1.26. The lowest BCUT2D eigenvalue weighted by molar-refractivity contribution is 0.0954. The highest BCUT2D eigenvalue weighted by atomic mass is 16.6. The minimum atomic E-state index is -0.499. The Kier molecular flexibility index (Phi) is 7.55. The summed E-state index contributed by atoms with van der Waals surface area (Å²) in [6, 6.07) is 12.3. The van der Waals surface area contributed by atoms with Crippen LogP contribution in [0.15, 0.2) is 42.5 Å². The fourth-order valence-electron chi connectivity index (χ4n) is 3.72. The molecule has 9 nitrogen and oxygen atoms in total. The Balaban J connectivity index is 1.99. The highest BCUT2D eigenvalue weighted by Crippen LogP contribution is 2.39. The number of nitrogens with two attached hydrogens (primary N) is 1. The molecule has 0 unspecified atom stereocenters. The number of hydrogen-bond donors (Lipinski definition) is 2. The van der Waals surface area contributed by atoms with Gasteiger partial charge in [-0.15, -0.1) is 0 Å². The van der Waals surface area contributed by atoms with Crippen molar-refractivity contribution in [3.63, 3.8) is 0 Å². The van der Waals surface area contributed by atoms with E-state index in [1.807, 2.05) is 31.2 Å². The molecule has 33 heavy (non-hydrogen) atoms. The summed E-state index contributed by atoms with van der Waals surface area (Å²) in [5.74, 6) is -0.192. The van der Waals surface area contributed by atoms with Crippen LogP contribution in [0.4, 0.5) is 21.0 Å². The van der Waals surface area contributed by atoms with Crippen LogP contribution in [-0.2, 0) is 9.47 Å². The molecule has 0 aliphatic carbocycles. The zero-order chi connectivity index (χ0) is 24.1. The van der Waals surface area contributed by atoms with Gasteiger partial charge in [0.05, 0.1) is 37.2 Å². The van der Waals surface area contributed by atoms with Crippen molar-refractivity contribution in [3.05, 3.63) is 48.0 Å². The summed E-state index contributed by atoms with van der Waals surface area (Å²) in [7, 11) is 1.33. The Hall–Kier alpha value is -3.59. The minimum absolute atomic E-state index is 0.192. The average Bonchev–Trinajstić information content (AvgIpc) is 2.80. The lowest BCUT2D eigenvalue weighted by atomic mass is 10.00. The van der Waals surface area contributed by atoms with Gasteiger partial charge in [0.15, 0.2) is 0 Å². The summed E-state index contributed by atoms with van der Waals surface area (Å²) >= 11 is 0. The predicted molar refractivity (Wildman–Crippen MR) is 127 cm³/mol. The number of nitrogens with zero attached hydrogens (tertiary/aromatic N) is 2. The molecule has 9 heteroatoms. The van der Waals surface area contributed by atoms with Crippen LogP contribution in [0.1, 0.15) is 31.1 Å². The summed E-state index contributed by atoms with van der Waals surface area (Å²) in [4.78, 5) is 40.5. The van der Waals surface area contributed by atoms with Gasteiger partial charge in [0.1, 0.15) is 0 Å². The first kappa shape index (κ1) is 24.1. The van der Waals surface area contributed by atoms with E-state index >= 15 is 0 Å². The minimum Gasteiger partial charge on any atom is -0.452 e. The number of benzene rings is 2. The molecule has 1 heterocycles. The maximum absolute atomic E-state index is 12.8. The van der Waals surface area contributed by atoms with Gasteiger partial charge in [-0.05, 0) is 56.2 Å². The maximum Gasteiger partial charge on any atom is 0.414 e. The number of methoxy groups -OCH3 is 1. The number of hydrogen-bond acceptors (Lipinski definition) is 6. The quantitative estimate of drug-likeness (QED) is 0.716. The monoisotopic (exact) mass is 454 g/mol. The van der Waals surface area contributed by atoms with E-state index in [4.69, 9.17) is 15.2 Å². The third kappa shape index (κ3) is 5.25. The molecular formula is C24H30N4O5. The second kappa shape index (κ2) is 10.4. The highest BCUT2D eigenvalue weighted by molar-refractivity contribution is 6.02. The summed E-state index contributed by atoms with van der Waals surface area (Å²) < 4.78 is 10.4. The molecule has 0 fully saturated rings. The van der Waals surface area contributed by atoms with E-state index in [0.717, 1.165) is 11.1 Å². The van der Waals surface area contributed by atoms with Crippen molar-refractivity contribution < 1.29 is 23.9 Å². The fourth-order valence-corrected chi connectivity index (χ4v) is 3.72. The van der Waals surface area contributed by atoms with Gasteiger partial charge in [-0.2, -0.15) is 0 Å². The Morgan fingerprint density at radius 1 is 1.06 bits per heavy atom. The zero-order valence-electron chi connectivity index (χ0n) is 19.3. The van der Waals surface area contributed by atoms with E-state index < -0.39 is 12.2 Å². The Bertz CT molecular complexity index is 1020. The third-order valence-electron chi connectivity index (χ3n) is 5.25. The highest BCUT2D eigenvalue weighted by Gasteiger charge is 2.36. The van der Waals surface area contributed by atoms with E-state index in [9.17, 15) is 14.4 Å². The predicted octanol–water partition coefficient (Wildman–Crippen LogP) is 3.37. The van der Waals surface area contributed by atoms with E-state index in [2.05, 4.69) is 5.32 Å². The van der Waals surface area contributed by atoms with Crippen LogP contribution in [0.5, 0.6) is 0 Å². The lowest BCUT2D eigenvalue weighted by Crippen LogP contribution is -2.52. The lowest BCUT2D eigenvalue weighted by Gasteiger charge is -2.40. The molecule has 0 saturated heterocycles. The molecule has 3 amide bonds. The molecule has 2 aromatic rings. The van der Waals surface area contributed by atoms with Gasteiger partial charge >= 0.3 is 12.2 Å². The summed E-state index contributed by atoms with van der Waals surface area (Å²) in [5.41, 5.74) is 8.74. The van der Waals surface area contributed by atoms with Crippen LogP contribution in [0, 0.1) is 0 Å². The second-order valence-electron chi connectivity index (χ2n) is 8.06. The molecule has 1 aliphatic rings. The number of carbonyl (C=O) groups excluding carboxylic acids is 3. The molecule has 3 rings (SSSR count). The Morgan fingerprint density at radius 2 is 1.73 bits per heavy atom. The van der Waals surface area contributed by atoms with Gasteiger partial charge in [0, 0.05) is 18.7 Å². The normalized spacial score (nSPS) is 15.2. The first-order chi connectivity index (χ1) is 15.8. The third-order valence-corrected chi connectivity index (χ3v) is 5.25. The number of nitrogens with one attached hydrogen (secondary N) is 1. The van der Waals surface area contributed by atoms with Gasteiger partial charge in [-0.3, -0.25) is 14.6 Å². The van der Waals surface area contributed by atoms with Crippen molar-refractivity contribution in [1.82, 2.24) is 5.32 Å². The molecule has 0 radical (unpaired) electrons. The van der Waals surface area contributed by atoms with Crippen LogP contribution >= 0.6 is 0 Å². The average molecular weight is 455 g/mol. The van der Waals surface area contributed by atoms with Crippen molar-refractivity contribution in [1.29, 1.82) is 0 Å². The van der Waals surface area contributed by atoms with Crippen molar-refractivity contribution in [2.24, 2.45) is 5.73 Å². The molecule has 0 bridgehead atoms. The van der Waals surface area contributed by atoms with Crippen LogP contribution < -0.4 is 20.9 Å². The van der Waals surface area contributed by atoms with Crippen LogP contribution in [0.3, 0.4) is 0 Å². The largest absolute Gasteiger partial charge is 0.452 e.